The second-order valence-corrected chi connectivity index (χ2v) is 5.96. The predicted molar refractivity (Wildman–Crippen MR) is 93.5 cm³/mol. The molecule has 0 aliphatic carbocycles. The first-order chi connectivity index (χ1) is 12.1. The Morgan fingerprint density at radius 3 is 3.00 bits per heavy atom. The van der Waals surface area contributed by atoms with Gasteiger partial charge in [0.05, 0.1) is 24.7 Å². The standard InChI is InChI=1S/C17H21N5O3/c1-12(9-14-3-2-8-25-14)20-17(24)21-13-4-5-15(19-10-13)22-7-6-18-16(23)11-22/h2-5,8,10,12H,6-7,9,11H2,1H3,(H,18,23)(H2,20,21,24)/t12-/m0/s1. The van der Waals surface area contributed by atoms with Crippen LogP contribution in [0.5, 0.6) is 0 Å². The average molecular weight is 343 g/mol. The van der Waals surface area contributed by atoms with Gasteiger partial charge in [0.2, 0.25) is 5.91 Å². The van der Waals surface area contributed by atoms with E-state index in [9.17, 15) is 9.59 Å². The third kappa shape index (κ3) is 4.72. The second-order valence-electron chi connectivity index (χ2n) is 5.96. The Labute approximate surface area is 145 Å². The fraction of sp³-hybridized carbons (Fsp3) is 0.353. The zero-order chi connectivity index (χ0) is 17.6. The van der Waals surface area contributed by atoms with Crippen molar-refractivity contribution >= 4 is 23.4 Å². The van der Waals surface area contributed by atoms with Gasteiger partial charge in [-0.05, 0) is 31.2 Å². The fourth-order valence-corrected chi connectivity index (χ4v) is 2.65. The first kappa shape index (κ1) is 16.8. The lowest BCUT2D eigenvalue weighted by Crippen LogP contribution is -2.48. The maximum Gasteiger partial charge on any atom is 0.319 e. The van der Waals surface area contributed by atoms with Gasteiger partial charge in [0.25, 0.3) is 0 Å². The largest absolute Gasteiger partial charge is 0.469 e. The Bertz CT molecular complexity index is 714. The first-order valence-electron chi connectivity index (χ1n) is 8.18. The van der Waals surface area contributed by atoms with E-state index in [2.05, 4.69) is 20.9 Å². The van der Waals surface area contributed by atoms with Crippen LogP contribution in [-0.2, 0) is 11.2 Å². The Morgan fingerprint density at radius 1 is 1.44 bits per heavy atom. The SMILES string of the molecule is C[C@@H](Cc1ccco1)NC(=O)Nc1ccc(N2CCNC(=O)C2)nc1. The van der Waals surface area contributed by atoms with Gasteiger partial charge in [-0.2, -0.15) is 0 Å². The number of carbonyl (C=O) groups excluding carboxylic acids is 2. The zero-order valence-corrected chi connectivity index (χ0v) is 14.0. The summed E-state index contributed by atoms with van der Waals surface area (Å²) >= 11 is 0. The Morgan fingerprint density at radius 2 is 2.32 bits per heavy atom. The molecule has 0 radical (unpaired) electrons. The lowest BCUT2D eigenvalue weighted by molar-refractivity contribution is -0.120. The summed E-state index contributed by atoms with van der Waals surface area (Å²) in [5.74, 6) is 1.52. The smallest absolute Gasteiger partial charge is 0.319 e. The molecule has 0 unspecified atom stereocenters. The Balaban J connectivity index is 1.50. The van der Waals surface area contributed by atoms with Gasteiger partial charge in [0.15, 0.2) is 0 Å². The summed E-state index contributed by atoms with van der Waals surface area (Å²) in [7, 11) is 0. The van der Waals surface area contributed by atoms with Crippen molar-refractivity contribution < 1.29 is 14.0 Å². The summed E-state index contributed by atoms with van der Waals surface area (Å²) < 4.78 is 5.27. The molecule has 0 saturated carbocycles. The van der Waals surface area contributed by atoms with E-state index in [-0.39, 0.29) is 18.0 Å². The number of nitrogens with zero attached hydrogens (tertiary/aromatic N) is 2. The van der Waals surface area contributed by atoms with Crippen molar-refractivity contribution in [3.05, 3.63) is 42.5 Å². The van der Waals surface area contributed by atoms with E-state index in [1.807, 2.05) is 24.0 Å². The molecular formula is C17H21N5O3. The van der Waals surface area contributed by atoms with Crippen molar-refractivity contribution in [2.75, 3.05) is 29.9 Å². The second kappa shape index (κ2) is 7.69. The molecule has 25 heavy (non-hydrogen) atoms. The lowest BCUT2D eigenvalue weighted by atomic mass is 10.2. The van der Waals surface area contributed by atoms with Crippen LogP contribution in [0.3, 0.4) is 0 Å². The lowest BCUT2D eigenvalue weighted by Gasteiger charge is -2.27. The van der Waals surface area contributed by atoms with Gasteiger partial charge in [0.1, 0.15) is 11.6 Å². The molecule has 2 aromatic heterocycles. The summed E-state index contributed by atoms with van der Waals surface area (Å²) in [5.41, 5.74) is 0.591. The molecule has 8 heteroatoms. The molecule has 0 bridgehead atoms. The molecule has 1 fully saturated rings. The number of nitrogens with one attached hydrogen (secondary N) is 3. The van der Waals surface area contributed by atoms with E-state index in [1.165, 1.54) is 0 Å². The number of carbonyl (C=O) groups is 2. The maximum atomic E-state index is 12.0. The molecule has 3 rings (SSSR count). The maximum absolute atomic E-state index is 12.0. The minimum absolute atomic E-state index is 0.0137. The van der Waals surface area contributed by atoms with Crippen LogP contribution >= 0.6 is 0 Å². The molecule has 1 aliphatic heterocycles. The number of pyridine rings is 1. The molecule has 1 saturated heterocycles. The van der Waals surface area contributed by atoms with Gasteiger partial charge in [-0.1, -0.05) is 0 Å². The Hall–Kier alpha value is -3.03. The number of amides is 3. The van der Waals surface area contributed by atoms with Gasteiger partial charge in [-0.25, -0.2) is 9.78 Å². The highest BCUT2D eigenvalue weighted by Gasteiger charge is 2.17. The molecule has 1 atom stereocenters. The van der Waals surface area contributed by atoms with Gasteiger partial charge < -0.3 is 25.3 Å². The van der Waals surface area contributed by atoms with E-state index in [0.29, 0.717) is 31.0 Å². The van der Waals surface area contributed by atoms with Crippen molar-refractivity contribution in [1.29, 1.82) is 0 Å². The number of hydrogen-bond acceptors (Lipinski definition) is 5. The molecule has 8 nitrogen and oxygen atoms in total. The monoisotopic (exact) mass is 343 g/mol. The van der Waals surface area contributed by atoms with Crippen LogP contribution < -0.4 is 20.9 Å². The van der Waals surface area contributed by atoms with E-state index >= 15 is 0 Å². The number of rotatable bonds is 5. The molecule has 3 amide bonds. The van der Waals surface area contributed by atoms with Crippen LogP contribution in [0.2, 0.25) is 0 Å². The number of aromatic nitrogens is 1. The minimum Gasteiger partial charge on any atom is -0.469 e. The van der Waals surface area contributed by atoms with Crippen molar-refractivity contribution in [3.63, 3.8) is 0 Å². The first-order valence-corrected chi connectivity index (χ1v) is 8.18. The zero-order valence-electron chi connectivity index (χ0n) is 14.0. The normalized spacial score (nSPS) is 15.4. The fourth-order valence-electron chi connectivity index (χ4n) is 2.65. The van der Waals surface area contributed by atoms with E-state index in [1.54, 1.807) is 24.6 Å². The van der Waals surface area contributed by atoms with Crippen LogP contribution in [0.4, 0.5) is 16.3 Å². The summed E-state index contributed by atoms with van der Waals surface area (Å²) in [6.07, 6.45) is 3.81. The van der Waals surface area contributed by atoms with Crippen LogP contribution in [-0.4, -0.2) is 42.6 Å². The highest BCUT2D eigenvalue weighted by Crippen LogP contribution is 2.15. The van der Waals surface area contributed by atoms with Gasteiger partial charge in [-0.15, -0.1) is 0 Å². The van der Waals surface area contributed by atoms with Crippen LogP contribution in [0.1, 0.15) is 12.7 Å². The quantitative estimate of drug-likeness (QED) is 0.761. The van der Waals surface area contributed by atoms with Crippen molar-refractivity contribution in [3.8, 4) is 0 Å². The van der Waals surface area contributed by atoms with E-state index in [4.69, 9.17) is 4.42 Å². The molecule has 132 valence electrons. The van der Waals surface area contributed by atoms with E-state index in [0.717, 1.165) is 12.3 Å². The van der Waals surface area contributed by atoms with Crippen molar-refractivity contribution in [2.24, 2.45) is 0 Å². The van der Waals surface area contributed by atoms with Crippen molar-refractivity contribution in [1.82, 2.24) is 15.6 Å². The molecule has 3 N–H and O–H groups in total. The summed E-state index contributed by atoms with van der Waals surface area (Å²) in [5, 5.41) is 8.37. The topological polar surface area (TPSA) is 99.5 Å². The van der Waals surface area contributed by atoms with Gasteiger partial charge in [0, 0.05) is 25.6 Å². The van der Waals surface area contributed by atoms with Crippen LogP contribution in [0, 0.1) is 0 Å². The van der Waals surface area contributed by atoms with Crippen molar-refractivity contribution in [2.45, 2.75) is 19.4 Å². The highest BCUT2D eigenvalue weighted by molar-refractivity contribution is 5.89. The third-order valence-corrected chi connectivity index (χ3v) is 3.83. The van der Waals surface area contributed by atoms with Gasteiger partial charge >= 0.3 is 6.03 Å². The number of furan rings is 1. The summed E-state index contributed by atoms with van der Waals surface area (Å²) in [6, 6.07) is 6.89. The third-order valence-electron chi connectivity index (χ3n) is 3.83. The average Bonchev–Trinajstić information content (AvgIpc) is 3.08. The molecule has 0 aromatic carbocycles. The van der Waals surface area contributed by atoms with Gasteiger partial charge in [-0.3, -0.25) is 4.79 Å². The number of hydrogen-bond donors (Lipinski definition) is 3. The molecule has 0 spiro atoms. The number of urea groups is 1. The summed E-state index contributed by atoms with van der Waals surface area (Å²) in [6.45, 7) is 3.53. The van der Waals surface area contributed by atoms with E-state index < -0.39 is 0 Å². The number of piperazine rings is 1. The highest BCUT2D eigenvalue weighted by atomic mass is 16.3. The molecule has 1 aliphatic rings. The molecular weight excluding hydrogens is 322 g/mol. The van der Waals surface area contributed by atoms with Crippen LogP contribution in [0.15, 0.2) is 41.1 Å². The van der Waals surface area contributed by atoms with Crippen LogP contribution in [0.25, 0.3) is 0 Å². The molecule has 3 heterocycles. The Kier molecular flexibility index (Phi) is 5.17. The predicted octanol–water partition coefficient (Wildman–Crippen LogP) is 1.36. The molecule has 2 aromatic rings. The number of anilines is 2. The minimum atomic E-state index is -0.300. The summed E-state index contributed by atoms with van der Waals surface area (Å²) in [4.78, 5) is 29.7.